The van der Waals surface area contributed by atoms with Crippen molar-refractivity contribution in [1.29, 1.82) is 0 Å². The minimum Gasteiger partial charge on any atom is -0.469 e. The fraction of sp³-hybridized carbons (Fsp3) is 0.308. The normalized spacial score (nSPS) is 11.9. The van der Waals surface area contributed by atoms with Crippen LogP contribution in [-0.2, 0) is 9.53 Å². The summed E-state index contributed by atoms with van der Waals surface area (Å²) in [5.41, 5.74) is 2.31. The van der Waals surface area contributed by atoms with Gasteiger partial charge in [-0.3, -0.25) is 4.79 Å². The topological polar surface area (TPSA) is 26.3 Å². The van der Waals surface area contributed by atoms with Crippen LogP contribution in [0.15, 0.2) is 36.9 Å². The van der Waals surface area contributed by atoms with Crippen molar-refractivity contribution in [3.63, 3.8) is 0 Å². The van der Waals surface area contributed by atoms with Gasteiger partial charge in [0.05, 0.1) is 13.5 Å². The van der Waals surface area contributed by atoms with E-state index in [0.717, 1.165) is 5.56 Å². The molecule has 1 atom stereocenters. The van der Waals surface area contributed by atoms with Gasteiger partial charge in [0.2, 0.25) is 0 Å². The zero-order chi connectivity index (χ0) is 11.3. The number of carbonyl (C=O) groups is 1. The van der Waals surface area contributed by atoms with Gasteiger partial charge in [0.25, 0.3) is 0 Å². The Kier molecular flexibility index (Phi) is 4.10. The van der Waals surface area contributed by atoms with Crippen LogP contribution in [0.5, 0.6) is 0 Å². The molecule has 1 aromatic carbocycles. The molecule has 0 amide bonds. The second kappa shape index (κ2) is 5.35. The van der Waals surface area contributed by atoms with E-state index in [9.17, 15) is 4.79 Å². The number of hydrogen-bond acceptors (Lipinski definition) is 2. The number of allylic oxidation sites excluding steroid dienone is 1. The van der Waals surface area contributed by atoms with E-state index < -0.39 is 0 Å². The molecule has 0 heterocycles. The molecule has 0 aliphatic carbocycles. The minimum absolute atomic E-state index is 0.0399. The number of esters is 1. The van der Waals surface area contributed by atoms with E-state index in [2.05, 4.69) is 11.3 Å². The zero-order valence-electron chi connectivity index (χ0n) is 9.19. The molecule has 0 saturated carbocycles. The molecule has 0 fully saturated rings. The van der Waals surface area contributed by atoms with E-state index in [0.29, 0.717) is 6.42 Å². The first kappa shape index (κ1) is 11.5. The molecule has 2 nitrogen and oxygen atoms in total. The molecule has 0 bridgehead atoms. The highest BCUT2D eigenvalue weighted by atomic mass is 16.5. The monoisotopic (exact) mass is 204 g/mol. The van der Waals surface area contributed by atoms with Crippen molar-refractivity contribution in [2.24, 2.45) is 0 Å². The molecule has 0 radical (unpaired) electrons. The Labute approximate surface area is 90.6 Å². The lowest BCUT2D eigenvalue weighted by molar-refractivity contribution is -0.140. The van der Waals surface area contributed by atoms with Gasteiger partial charge in [-0.25, -0.2) is 0 Å². The predicted molar refractivity (Wildman–Crippen MR) is 60.8 cm³/mol. The number of ether oxygens (including phenoxy) is 1. The third kappa shape index (κ3) is 3.24. The number of rotatable bonds is 4. The van der Waals surface area contributed by atoms with Crippen LogP contribution in [0.4, 0.5) is 0 Å². The van der Waals surface area contributed by atoms with Gasteiger partial charge < -0.3 is 4.74 Å². The van der Waals surface area contributed by atoms with Crippen LogP contribution in [0.1, 0.15) is 23.5 Å². The molecule has 0 aliphatic rings. The molecule has 0 aliphatic heterocycles. The average Bonchev–Trinajstić information content (AvgIpc) is 2.27. The Morgan fingerprint density at radius 2 is 2.07 bits per heavy atom. The molecule has 80 valence electrons. The van der Waals surface area contributed by atoms with E-state index in [1.165, 1.54) is 12.7 Å². The van der Waals surface area contributed by atoms with E-state index in [1.54, 1.807) is 6.08 Å². The van der Waals surface area contributed by atoms with Gasteiger partial charge in [-0.15, -0.1) is 6.58 Å². The van der Waals surface area contributed by atoms with Crippen LogP contribution in [-0.4, -0.2) is 13.1 Å². The van der Waals surface area contributed by atoms with E-state index in [4.69, 9.17) is 0 Å². The molecule has 15 heavy (non-hydrogen) atoms. The van der Waals surface area contributed by atoms with Crippen LogP contribution in [0, 0.1) is 6.92 Å². The van der Waals surface area contributed by atoms with Gasteiger partial charge in [0, 0.05) is 5.92 Å². The van der Waals surface area contributed by atoms with Gasteiger partial charge >= 0.3 is 5.97 Å². The Morgan fingerprint density at radius 1 is 1.47 bits per heavy atom. The fourth-order valence-electron chi connectivity index (χ4n) is 1.41. The number of benzene rings is 1. The summed E-state index contributed by atoms with van der Waals surface area (Å²) in [6, 6.07) is 8.10. The Morgan fingerprint density at radius 3 is 2.53 bits per heavy atom. The van der Waals surface area contributed by atoms with Gasteiger partial charge in [0.1, 0.15) is 0 Å². The van der Waals surface area contributed by atoms with E-state index >= 15 is 0 Å². The van der Waals surface area contributed by atoms with Crippen LogP contribution < -0.4 is 0 Å². The second-order valence-electron chi connectivity index (χ2n) is 3.53. The molecule has 0 saturated heterocycles. The molecular formula is C13H16O2. The Hall–Kier alpha value is -1.57. The smallest absolute Gasteiger partial charge is 0.306 e. The summed E-state index contributed by atoms with van der Waals surface area (Å²) < 4.78 is 4.64. The first-order valence-electron chi connectivity index (χ1n) is 4.93. The summed E-state index contributed by atoms with van der Waals surface area (Å²) in [5, 5.41) is 0. The van der Waals surface area contributed by atoms with Crippen molar-refractivity contribution in [2.45, 2.75) is 19.3 Å². The molecule has 0 aromatic heterocycles. The van der Waals surface area contributed by atoms with Crippen molar-refractivity contribution in [2.75, 3.05) is 7.11 Å². The lowest BCUT2D eigenvalue weighted by Crippen LogP contribution is -2.06. The number of methoxy groups -OCH3 is 1. The molecule has 1 aromatic rings. The van der Waals surface area contributed by atoms with Crippen molar-refractivity contribution in [3.8, 4) is 0 Å². The van der Waals surface area contributed by atoms with Crippen molar-refractivity contribution >= 4 is 5.97 Å². The van der Waals surface area contributed by atoms with E-state index in [-0.39, 0.29) is 11.9 Å². The number of hydrogen-bond donors (Lipinski definition) is 0. The van der Waals surface area contributed by atoms with Crippen LogP contribution >= 0.6 is 0 Å². The first-order chi connectivity index (χ1) is 7.17. The third-order valence-corrected chi connectivity index (χ3v) is 2.40. The first-order valence-corrected chi connectivity index (χ1v) is 4.93. The zero-order valence-corrected chi connectivity index (χ0v) is 9.19. The summed E-state index contributed by atoms with van der Waals surface area (Å²) in [5.74, 6) is -0.168. The van der Waals surface area contributed by atoms with Crippen molar-refractivity contribution < 1.29 is 9.53 Å². The molecule has 1 rings (SSSR count). The molecule has 0 spiro atoms. The average molecular weight is 204 g/mol. The third-order valence-electron chi connectivity index (χ3n) is 2.40. The van der Waals surface area contributed by atoms with Crippen LogP contribution in [0.25, 0.3) is 0 Å². The molecule has 0 unspecified atom stereocenters. The highest BCUT2D eigenvalue weighted by Gasteiger charge is 2.12. The molecule has 0 N–H and O–H groups in total. The summed E-state index contributed by atoms with van der Waals surface area (Å²) in [7, 11) is 1.40. The fourth-order valence-corrected chi connectivity index (χ4v) is 1.41. The van der Waals surface area contributed by atoms with Gasteiger partial charge in [-0.05, 0) is 12.5 Å². The maximum Gasteiger partial charge on any atom is 0.306 e. The summed E-state index contributed by atoms with van der Waals surface area (Å²) in [6.45, 7) is 5.77. The second-order valence-corrected chi connectivity index (χ2v) is 3.53. The Balaban J connectivity index is 2.78. The standard InChI is InChI=1S/C13H16O2/c1-4-11(9-13(14)15-3)12-7-5-10(2)6-8-12/h4-8,11H,1,9H2,2-3H3/t11-/m1/s1. The minimum atomic E-state index is -0.208. The summed E-state index contributed by atoms with van der Waals surface area (Å²) in [4.78, 5) is 11.2. The lowest BCUT2D eigenvalue weighted by atomic mass is 9.95. The molecular weight excluding hydrogens is 188 g/mol. The van der Waals surface area contributed by atoms with Crippen molar-refractivity contribution in [3.05, 3.63) is 48.0 Å². The van der Waals surface area contributed by atoms with Crippen LogP contribution in [0.2, 0.25) is 0 Å². The Bertz CT molecular complexity index is 338. The van der Waals surface area contributed by atoms with Crippen LogP contribution in [0.3, 0.4) is 0 Å². The van der Waals surface area contributed by atoms with Gasteiger partial charge in [-0.2, -0.15) is 0 Å². The number of carbonyl (C=O) groups excluding carboxylic acids is 1. The summed E-state index contributed by atoms with van der Waals surface area (Å²) >= 11 is 0. The molecule has 2 heteroatoms. The predicted octanol–water partition coefficient (Wildman–Crippen LogP) is 2.83. The SMILES string of the molecule is C=C[C@H](CC(=O)OC)c1ccc(C)cc1. The quantitative estimate of drug-likeness (QED) is 0.557. The lowest BCUT2D eigenvalue weighted by Gasteiger charge is -2.11. The highest BCUT2D eigenvalue weighted by Crippen LogP contribution is 2.21. The number of aryl methyl sites for hydroxylation is 1. The highest BCUT2D eigenvalue weighted by molar-refractivity contribution is 5.70. The van der Waals surface area contributed by atoms with Gasteiger partial charge in [-0.1, -0.05) is 35.9 Å². The van der Waals surface area contributed by atoms with Gasteiger partial charge in [0.15, 0.2) is 0 Å². The maximum atomic E-state index is 11.2. The van der Waals surface area contributed by atoms with E-state index in [1.807, 2.05) is 31.2 Å². The maximum absolute atomic E-state index is 11.2. The summed E-state index contributed by atoms with van der Waals surface area (Å²) in [6.07, 6.45) is 2.13. The van der Waals surface area contributed by atoms with Crippen molar-refractivity contribution in [1.82, 2.24) is 0 Å². The largest absolute Gasteiger partial charge is 0.469 e.